The number of thiazole rings is 1. The van der Waals surface area contributed by atoms with Crippen molar-refractivity contribution in [3.05, 3.63) is 36.3 Å². The van der Waals surface area contributed by atoms with Gasteiger partial charge in [-0.3, -0.25) is 4.79 Å². The molecule has 1 aliphatic rings. The van der Waals surface area contributed by atoms with E-state index in [1.807, 2.05) is 55.2 Å². The highest BCUT2D eigenvalue weighted by molar-refractivity contribution is 7.19. The minimum atomic E-state index is 0.131. The number of hydrogen-bond donors (Lipinski definition) is 1. The highest BCUT2D eigenvalue weighted by atomic mass is 32.1. The summed E-state index contributed by atoms with van der Waals surface area (Å²) < 4.78 is 0. The molecule has 0 unspecified atom stereocenters. The molecule has 3 aromatic rings. The Balaban J connectivity index is 1.44. The van der Waals surface area contributed by atoms with Crippen molar-refractivity contribution in [1.29, 1.82) is 0 Å². The average Bonchev–Trinajstić information content (AvgIpc) is 3.17. The summed E-state index contributed by atoms with van der Waals surface area (Å²) in [4.78, 5) is 36.7. The van der Waals surface area contributed by atoms with Crippen molar-refractivity contribution < 1.29 is 4.79 Å². The first-order valence-corrected chi connectivity index (χ1v) is 10.9. The quantitative estimate of drug-likeness (QED) is 0.650. The Morgan fingerprint density at radius 1 is 1.10 bits per heavy atom. The maximum absolute atomic E-state index is 11.5. The lowest BCUT2D eigenvalue weighted by Crippen LogP contribution is -2.48. The van der Waals surface area contributed by atoms with E-state index in [1.54, 1.807) is 24.5 Å². The molecule has 4 heterocycles. The molecule has 31 heavy (non-hydrogen) atoms. The van der Waals surface area contributed by atoms with Crippen molar-refractivity contribution in [2.45, 2.75) is 13.8 Å². The van der Waals surface area contributed by atoms with E-state index in [4.69, 9.17) is 0 Å². The summed E-state index contributed by atoms with van der Waals surface area (Å²) in [6, 6.07) is 5.84. The Morgan fingerprint density at radius 2 is 1.87 bits per heavy atom. The van der Waals surface area contributed by atoms with E-state index in [1.165, 1.54) is 0 Å². The Labute approximate surface area is 185 Å². The molecule has 0 saturated carbocycles. The molecule has 1 aliphatic heterocycles. The van der Waals surface area contributed by atoms with Crippen molar-refractivity contribution in [3.8, 4) is 10.6 Å². The molecule has 162 valence electrons. The highest BCUT2D eigenvalue weighted by Gasteiger charge is 2.19. The lowest BCUT2D eigenvalue weighted by Gasteiger charge is -2.35. The van der Waals surface area contributed by atoms with Crippen LogP contribution in [0.3, 0.4) is 0 Å². The first-order valence-electron chi connectivity index (χ1n) is 10.1. The molecular weight excluding hydrogens is 412 g/mol. The number of anilines is 4. The van der Waals surface area contributed by atoms with Gasteiger partial charge in [-0.05, 0) is 25.1 Å². The third-order valence-corrected chi connectivity index (χ3v) is 6.48. The van der Waals surface area contributed by atoms with Crippen LogP contribution in [0.15, 0.2) is 30.6 Å². The third-order valence-electron chi connectivity index (χ3n) is 5.13. The van der Waals surface area contributed by atoms with Crippen molar-refractivity contribution >= 4 is 39.8 Å². The number of aryl methyl sites for hydroxylation is 1. The van der Waals surface area contributed by atoms with E-state index in [-0.39, 0.29) is 5.91 Å². The van der Waals surface area contributed by atoms with Gasteiger partial charge < -0.3 is 20.0 Å². The van der Waals surface area contributed by atoms with Crippen molar-refractivity contribution in [2.75, 3.05) is 55.4 Å². The predicted octanol–water partition coefficient (Wildman–Crippen LogP) is 2.78. The van der Waals surface area contributed by atoms with Gasteiger partial charge in [-0.1, -0.05) is 11.3 Å². The molecule has 0 spiro atoms. The largest absolute Gasteiger partial charge is 0.367 e. The van der Waals surface area contributed by atoms with Crippen LogP contribution in [0.4, 0.5) is 22.6 Å². The fraction of sp³-hybridized carbons (Fsp3) is 0.381. The standard InChI is InChI=1S/C21H26N8OS/c1-14-19(31-21(24-14)27(3)4)17-7-8-22-20(25-17)26-18-6-5-16(13-23-18)29-11-9-28(10-12-29)15(2)30/h5-8,13H,9-12H2,1-4H3,(H,22,23,25,26). The van der Waals surface area contributed by atoms with Crippen LogP contribution in [0, 0.1) is 6.92 Å². The number of hydrogen-bond acceptors (Lipinski definition) is 9. The lowest BCUT2D eigenvalue weighted by molar-refractivity contribution is -0.129. The van der Waals surface area contributed by atoms with E-state index >= 15 is 0 Å². The van der Waals surface area contributed by atoms with E-state index in [9.17, 15) is 4.79 Å². The molecule has 1 amide bonds. The fourth-order valence-corrected chi connectivity index (χ4v) is 4.36. The Kier molecular flexibility index (Phi) is 5.99. The van der Waals surface area contributed by atoms with Gasteiger partial charge in [0, 0.05) is 53.4 Å². The number of nitrogens with zero attached hydrogens (tertiary/aromatic N) is 7. The zero-order valence-corrected chi connectivity index (χ0v) is 19.0. The molecule has 0 bridgehead atoms. The van der Waals surface area contributed by atoms with E-state index in [2.05, 4.69) is 30.2 Å². The number of nitrogens with one attached hydrogen (secondary N) is 1. The lowest BCUT2D eigenvalue weighted by atomic mass is 10.2. The maximum atomic E-state index is 11.5. The molecule has 0 radical (unpaired) electrons. The molecule has 1 saturated heterocycles. The molecule has 1 fully saturated rings. The van der Waals surface area contributed by atoms with Gasteiger partial charge in [0.2, 0.25) is 11.9 Å². The topological polar surface area (TPSA) is 90.4 Å². The minimum absolute atomic E-state index is 0.131. The number of pyridine rings is 1. The SMILES string of the molecule is CC(=O)N1CCN(c2ccc(Nc3nccc(-c4sc(N(C)C)nc4C)n3)nc2)CC1. The van der Waals surface area contributed by atoms with E-state index < -0.39 is 0 Å². The Morgan fingerprint density at radius 3 is 2.48 bits per heavy atom. The third kappa shape index (κ3) is 4.74. The average molecular weight is 439 g/mol. The zero-order valence-electron chi connectivity index (χ0n) is 18.2. The fourth-order valence-electron chi connectivity index (χ4n) is 3.40. The summed E-state index contributed by atoms with van der Waals surface area (Å²) in [6.45, 7) is 6.70. The van der Waals surface area contributed by atoms with Gasteiger partial charge in [-0.25, -0.2) is 19.9 Å². The van der Waals surface area contributed by atoms with Gasteiger partial charge >= 0.3 is 0 Å². The Bertz CT molecular complexity index is 1060. The van der Waals surface area contributed by atoms with Crippen molar-refractivity contribution in [3.63, 3.8) is 0 Å². The van der Waals surface area contributed by atoms with Crippen LogP contribution in [-0.2, 0) is 4.79 Å². The number of rotatable bonds is 5. The van der Waals surface area contributed by atoms with Crippen LogP contribution >= 0.6 is 11.3 Å². The second-order valence-corrected chi connectivity index (χ2v) is 8.57. The number of carbonyl (C=O) groups excluding carboxylic acids is 1. The van der Waals surface area contributed by atoms with Gasteiger partial charge in [-0.15, -0.1) is 0 Å². The van der Waals surface area contributed by atoms with Gasteiger partial charge in [0.1, 0.15) is 5.82 Å². The summed E-state index contributed by atoms with van der Waals surface area (Å²) in [5.41, 5.74) is 2.83. The molecular formula is C21H26N8OS. The van der Waals surface area contributed by atoms with Crippen LogP contribution in [0.2, 0.25) is 0 Å². The first-order chi connectivity index (χ1) is 14.9. The number of piperazine rings is 1. The summed E-state index contributed by atoms with van der Waals surface area (Å²) in [6.07, 6.45) is 3.58. The number of amides is 1. The molecule has 0 aliphatic carbocycles. The predicted molar refractivity (Wildman–Crippen MR) is 124 cm³/mol. The van der Waals surface area contributed by atoms with Crippen molar-refractivity contribution in [2.24, 2.45) is 0 Å². The maximum Gasteiger partial charge on any atom is 0.228 e. The summed E-state index contributed by atoms with van der Waals surface area (Å²) in [5.74, 6) is 1.30. The van der Waals surface area contributed by atoms with E-state index in [0.717, 1.165) is 53.3 Å². The highest BCUT2D eigenvalue weighted by Crippen LogP contribution is 2.33. The summed E-state index contributed by atoms with van der Waals surface area (Å²) in [7, 11) is 3.96. The van der Waals surface area contributed by atoms with Gasteiger partial charge in [0.25, 0.3) is 0 Å². The Hall–Kier alpha value is -3.27. The second-order valence-electron chi connectivity index (χ2n) is 7.59. The van der Waals surface area contributed by atoms with Gasteiger partial charge in [-0.2, -0.15) is 0 Å². The normalized spacial score (nSPS) is 13.9. The van der Waals surface area contributed by atoms with Gasteiger partial charge in [0.15, 0.2) is 5.13 Å². The molecule has 0 aromatic carbocycles. The van der Waals surface area contributed by atoms with E-state index in [0.29, 0.717) is 11.8 Å². The summed E-state index contributed by atoms with van der Waals surface area (Å²) >= 11 is 1.61. The molecule has 10 heteroatoms. The monoisotopic (exact) mass is 438 g/mol. The molecule has 0 atom stereocenters. The van der Waals surface area contributed by atoms with Crippen LogP contribution in [0.5, 0.6) is 0 Å². The first kappa shape index (κ1) is 21.0. The molecule has 1 N–H and O–H groups in total. The molecule has 9 nitrogen and oxygen atoms in total. The van der Waals surface area contributed by atoms with Crippen LogP contribution < -0.4 is 15.1 Å². The number of aromatic nitrogens is 4. The second kappa shape index (κ2) is 8.84. The van der Waals surface area contributed by atoms with Gasteiger partial charge in [0.05, 0.1) is 28.1 Å². The van der Waals surface area contributed by atoms with Crippen molar-refractivity contribution in [1.82, 2.24) is 24.8 Å². The van der Waals surface area contributed by atoms with Crippen LogP contribution in [0.25, 0.3) is 10.6 Å². The van der Waals surface area contributed by atoms with Crippen LogP contribution in [0.1, 0.15) is 12.6 Å². The molecule has 4 rings (SSSR count). The van der Waals surface area contributed by atoms with Crippen LogP contribution in [-0.4, -0.2) is 71.0 Å². The minimum Gasteiger partial charge on any atom is -0.367 e. The molecule has 3 aromatic heterocycles. The summed E-state index contributed by atoms with van der Waals surface area (Å²) in [5, 5.41) is 4.13. The zero-order chi connectivity index (χ0) is 22.0. The smallest absolute Gasteiger partial charge is 0.228 e. The number of carbonyl (C=O) groups is 1.